The standard InChI is InChI=1S/C22H24N2O5S/c25-21(23-16-19-8-4-5-9-20(19)22(26)27)18-10-13-24(14-11-18)30(28,29)15-12-17-6-2-1-3-7-17/h1-9,12,15,18H,10-11,13-14,16H2,(H,23,25)(H,26,27)/b15-12+. The van der Waals surface area contributed by atoms with Crippen molar-refractivity contribution in [1.29, 1.82) is 0 Å². The predicted octanol–water partition coefficient (Wildman–Crippen LogP) is 2.71. The molecule has 7 nitrogen and oxygen atoms in total. The molecule has 2 N–H and O–H groups in total. The first kappa shape index (κ1) is 21.7. The Bertz CT molecular complexity index is 1030. The lowest BCUT2D eigenvalue weighted by atomic mass is 9.97. The summed E-state index contributed by atoms with van der Waals surface area (Å²) < 4.78 is 26.4. The van der Waals surface area contributed by atoms with Crippen LogP contribution in [0.3, 0.4) is 0 Å². The van der Waals surface area contributed by atoms with Crippen LogP contribution in [-0.2, 0) is 21.4 Å². The van der Waals surface area contributed by atoms with Crippen LogP contribution in [0, 0.1) is 5.92 Å². The van der Waals surface area contributed by atoms with Crippen LogP contribution >= 0.6 is 0 Å². The first-order valence-electron chi connectivity index (χ1n) is 9.69. The molecule has 0 radical (unpaired) electrons. The number of carboxylic acid groups (broad SMARTS) is 1. The number of carbonyl (C=O) groups is 2. The summed E-state index contributed by atoms with van der Waals surface area (Å²) >= 11 is 0. The zero-order valence-corrected chi connectivity index (χ0v) is 17.2. The number of carboxylic acids is 1. The number of amides is 1. The maximum Gasteiger partial charge on any atom is 0.336 e. The predicted molar refractivity (Wildman–Crippen MR) is 114 cm³/mol. The Kier molecular flexibility index (Phi) is 7.02. The lowest BCUT2D eigenvalue weighted by Crippen LogP contribution is -2.42. The summed E-state index contributed by atoms with van der Waals surface area (Å²) in [6.07, 6.45) is 2.41. The van der Waals surface area contributed by atoms with Crippen molar-refractivity contribution in [3.05, 3.63) is 76.7 Å². The fraction of sp³-hybridized carbons (Fsp3) is 0.273. The normalized spacial score (nSPS) is 15.9. The van der Waals surface area contributed by atoms with Crippen LogP contribution in [0.15, 0.2) is 60.0 Å². The second-order valence-electron chi connectivity index (χ2n) is 7.11. The van der Waals surface area contributed by atoms with E-state index in [9.17, 15) is 23.1 Å². The van der Waals surface area contributed by atoms with E-state index in [-0.39, 0.29) is 37.0 Å². The number of nitrogens with one attached hydrogen (secondary N) is 1. The summed E-state index contributed by atoms with van der Waals surface area (Å²) in [5, 5.41) is 13.2. The number of piperidine rings is 1. The van der Waals surface area contributed by atoms with Gasteiger partial charge in [0, 0.05) is 31.0 Å². The zero-order chi connectivity index (χ0) is 21.6. The van der Waals surface area contributed by atoms with Crippen molar-refractivity contribution in [2.75, 3.05) is 13.1 Å². The van der Waals surface area contributed by atoms with Crippen molar-refractivity contribution in [3.63, 3.8) is 0 Å². The minimum atomic E-state index is -3.55. The average Bonchev–Trinajstić information content (AvgIpc) is 2.77. The largest absolute Gasteiger partial charge is 0.478 e. The third-order valence-electron chi connectivity index (χ3n) is 5.12. The van der Waals surface area contributed by atoms with Gasteiger partial charge >= 0.3 is 5.97 Å². The number of hydrogen-bond donors (Lipinski definition) is 2. The van der Waals surface area contributed by atoms with Gasteiger partial charge in [-0.15, -0.1) is 0 Å². The van der Waals surface area contributed by atoms with Crippen LogP contribution in [0.2, 0.25) is 0 Å². The van der Waals surface area contributed by atoms with Crippen molar-refractivity contribution in [1.82, 2.24) is 9.62 Å². The van der Waals surface area contributed by atoms with Crippen molar-refractivity contribution in [3.8, 4) is 0 Å². The Balaban J connectivity index is 1.53. The summed E-state index contributed by atoms with van der Waals surface area (Å²) in [4.78, 5) is 23.7. The minimum Gasteiger partial charge on any atom is -0.478 e. The Morgan fingerprint density at radius 3 is 2.33 bits per heavy atom. The summed E-state index contributed by atoms with van der Waals surface area (Å²) in [6, 6.07) is 15.7. The SMILES string of the molecule is O=C(O)c1ccccc1CNC(=O)C1CCN(S(=O)(=O)/C=C/c2ccccc2)CC1. The van der Waals surface area contributed by atoms with E-state index in [2.05, 4.69) is 5.32 Å². The second-order valence-corrected chi connectivity index (χ2v) is 8.93. The molecular formula is C22H24N2O5S. The van der Waals surface area contributed by atoms with Gasteiger partial charge in [0.25, 0.3) is 0 Å². The highest BCUT2D eigenvalue weighted by atomic mass is 32.2. The molecule has 0 saturated carbocycles. The van der Waals surface area contributed by atoms with E-state index in [1.807, 2.05) is 30.3 Å². The third kappa shape index (κ3) is 5.55. The molecule has 2 aromatic carbocycles. The third-order valence-corrected chi connectivity index (χ3v) is 6.68. The molecule has 1 aliphatic heterocycles. The fourth-order valence-corrected chi connectivity index (χ4v) is 4.62. The van der Waals surface area contributed by atoms with Gasteiger partial charge in [-0.05, 0) is 36.1 Å². The topological polar surface area (TPSA) is 104 Å². The van der Waals surface area contributed by atoms with Crippen molar-refractivity contribution in [2.45, 2.75) is 19.4 Å². The number of nitrogens with zero attached hydrogens (tertiary/aromatic N) is 1. The van der Waals surface area contributed by atoms with E-state index in [4.69, 9.17) is 0 Å². The van der Waals surface area contributed by atoms with Crippen LogP contribution in [0.25, 0.3) is 6.08 Å². The molecule has 1 heterocycles. The quantitative estimate of drug-likeness (QED) is 0.706. The molecule has 1 amide bonds. The summed E-state index contributed by atoms with van der Waals surface area (Å²) in [5.74, 6) is -1.53. The molecule has 1 saturated heterocycles. The molecule has 158 valence electrons. The maximum absolute atomic E-state index is 12.5. The van der Waals surface area contributed by atoms with E-state index < -0.39 is 16.0 Å². The second kappa shape index (κ2) is 9.69. The molecule has 3 rings (SSSR count). The molecule has 0 bridgehead atoms. The highest BCUT2D eigenvalue weighted by Gasteiger charge is 2.29. The molecule has 0 unspecified atom stereocenters. The smallest absolute Gasteiger partial charge is 0.336 e. The van der Waals surface area contributed by atoms with Gasteiger partial charge in [0.05, 0.1) is 5.56 Å². The Morgan fingerprint density at radius 2 is 1.67 bits per heavy atom. The van der Waals surface area contributed by atoms with Crippen LogP contribution in [-0.4, -0.2) is 42.8 Å². The molecular weight excluding hydrogens is 404 g/mol. The van der Waals surface area contributed by atoms with Crippen LogP contribution < -0.4 is 5.32 Å². The number of aromatic carboxylic acids is 1. The molecule has 1 fully saturated rings. The van der Waals surface area contributed by atoms with E-state index in [1.165, 1.54) is 15.8 Å². The van der Waals surface area contributed by atoms with Gasteiger partial charge in [0.2, 0.25) is 15.9 Å². The van der Waals surface area contributed by atoms with E-state index in [0.29, 0.717) is 18.4 Å². The average molecular weight is 429 g/mol. The Morgan fingerprint density at radius 1 is 1.03 bits per heavy atom. The Labute approximate surface area is 176 Å². The molecule has 8 heteroatoms. The van der Waals surface area contributed by atoms with Gasteiger partial charge in [-0.3, -0.25) is 4.79 Å². The zero-order valence-electron chi connectivity index (χ0n) is 16.4. The number of rotatable bonds is 7. The van der Waals surface area contributed by atoms with E-state index in [1.54, 1.807) is 24.3 Å². The van der Waals surface area contributed by atoms with Crippen molar-refractivity contribution < 1.29 is 23.1 Å². The number of hydrogen-bond acceptors (Lipinski definition) is 4. The van der Waals surface area contributed by atoms with Crippen LogP contribution in [0.5, 0.6) is 0 Å². The summed E-state index contributed by atoms with van der Waals surface area (Å²) in [6.45, 7) is 0.663. The maximum atomic E-state index is 12.5. The first-order valence-corrected chi connectivity index (χ1v) is 11.2. The van der Waals surface area contributed by atoms with E-state index >= 15 is 0 Å². The summed E-state index contributed by atoms with van der Waals surface area (Å²) in [5.41, 5.74) is 1.49. The molecule has 0 atom stereocenters. The first-order chi connectivity index (χ1) is 14.4. The highest BCUT2D eigenvalue weighted by molar-refractivity contribution is 7.92. The monoisotopic (exact) mass is 428 g/mol. The van der Waals surface area contributed by atoms with Crippen LogP contribution in [0.1, 0.15) is 34.3 Å². The van der Waals surface area contributed by atoms with E-state index in [0.717, 1.165) is 5.56 Å². The van der Waals surface area contributed by atoms with Gasteiger partial charge in [-0.25, -0.2) is 13.2 Å². The number of carbonyl (C=O) groups excluding carboxylic acids is 1. The van der Waals surface area contributed by atoms with Crippen molar-refractivity contribution in [2.24, 2.45) is 5.92 Å². The molecule has 0 aromatic heterocycles. The molecule has 2 aromatic rings. The minimum absolute atomic E-state index is 0.125. The lowest BCUT2D eigenvalue weighted by Gasteiger charge is -2.29. The molecule has 1 aliphatic rings. The highest BCUT2D eigenvalue weighted by Crippen LogP contribution is 2.21. The van der Waals surface area contributed by atoms with Gasteiger partial charge < -0.3 is 10.4 Å². The van der Waals surface area contributed by atoms with Gasteiger partial charge in [-0.2, -0.15) is 4.31 Å². The Hall–Kier alpha value is -2.97. The fourth-order valence-electron chi connectivity index (χ4n) is 3.40. The van der Waals surface area contributed by atoms with Gasteiger partial charge in [-0.1, -0.05) is 48.5 Å². The summed E-state index contributed by atoms with van der Waals surface area (Å²) in [7, 11) is -3.55. The number of sulfonamides is 1. The molecule has 0 spiro atoms. The van der Waals surface area contributed by atoms with Gasteiger partial charge in [0.15, 0.2) is 0 Å². The van der Waals surface area contributed by atoms with Gasteiger partial charge in [0.1, 0.15) is 0 Å². The van der Waals surface area contributed by atoms with Crippen molar-refractivity contribution >= 4 is 28.0 Å². The number of benzene rings is 2. The molecule has 0 aliphatic carbocycles. The van der Waals surface area contributed by atoms with Crippen LogP contribution in [0.4, 0.5) is 0 Å². The molecule has 30 heavy (non-hydrogen) atoms. The lowest BCUT2D eigenvalue weighted by molar-refractivity contribution is -0.126.